The van der Waals surface area contributed by atoms with Gasteiger partial charge in [0.15, 0.2) is 0 Å². The first-order valence-electron chi connectivity index (χ1n) is 9.07. The quantitative estimate of drug-likeness (QED) is 0.754. The van der Waals surface area contributed by atoms with Crippen LogP contribution in [0.3, 0.4) is 0 Å². The van der Waals surface area contributed by atoms with Crippen LogP contribution >= 0.6 is 0 Å². The van der Waals surface area contributed by atoms with Crippen molar-refractivity contribution in [2.75, 3.05) is 14.1 Å². The largest absolute Gasteiger partial charge is 0.303 e. The van der Waals surface area contributed by atoms with Crippen LogP contribution in [0.4, 0.5) is 8.78 Å². The summed E-state index contributed by atoms with van der Waals surface area (Å²) in [6.45, 7) is 7.86. The van der Waals surface area contributed by atoms with E-state index in [0.717, 1.165) is 15.9 Å². The summed E-state index contributed by atoms with van der Waals surface area (Å²) in [6.07, 6.45) is 0. The molecular weight excluding hydrogens is 382 g/mol. The third-order valence-electron chi connectivity index (χ3n) is 4.71. The molecule has 1 N–H and O–H groups in total. The number of hydrogen-bond acceptors (Lipinski definition) is 3. The van der Waals surface area contributed by atoms with Crippen molar-refractivity contribution in [3.05, 3.63) is 65.2 Å². The van der Waals surface area contributed by atoms with Gasteiger partial charge in [-0.15, -0.1) is 0 Å². The van der Waals surface area contributed by atoms with Crippen LogP contribution in [0.2, 0.25) is 0 Å². The van der Waals surface area contributed by atoms with E-state index in [0.29, 0.717) is 5.56 Å². The number of rotatable bonds is 6. The van der Waals surface area contributed by atoms with E-state index in [1.165, 1.54) is 26.2 Å². The highest BCUT2D eigenvalue weighted by atomic mass is 32.2. The molecule has 0 aliphatic heterocycles. The zero-order valence-corrected chi connectivity index (χ0v) is 17.9. The first-order chi connectivity index (χ1) is 12.8. The number of benzene rings is 2. The lowest BCUT2D eigenvalue weighted by atomic mass is 9.81. The molecule has 0 amide bonds. The van der Waals surface area contributed by atoms with Gasteiger partial charge in [0.05, 0.1) is 4.90 Å². The molecule has 0 saturated heterocycles. The Morgan fingerprint density at radius 2 is 1.57 bits per heavy atom. The van der Waals surface area contributed by atoms with Crippen molar-refractivity contribution in [3.8, 4) is 0 Å². The highest BCUT2D eigenvalue weighted by molar-refractivity contribution is 7.89. The number of nitrogens with one attached hydrogen (secondary N) is 1. The third kappa shape index (κ3) is 4.96. The molecule has 154 valence electrons. The molecule has 2 atom stereocenters. The molecule has 2 rings (SSSR count). The molecule has 0 aliphatic carbocycles. The lowest BCUT2D eigenvalue weighted by Gasteiger charge is -2.35. The fourth-order valence-corrected chi connectivity index (χ4v) is 3.93. The Bertz CT molecular complexity index is 920. The average Bonchev–Trinajstić information content (AvgIpc) is 2.59. The summed E-state index contributed by atoms with van der Waals surface area (Å²) in [5.74, 6) is -1.20. The van der Waals surface area contributed by atoms with Crippen molar-refractivity contribution in [1.82, 2.24) is 9.62 Å². The summed E-state index contributed by atoms with van der Waals surface area (Å²) < 4.78 is 53.3. The van der Waals surface area contributed by atoms with Gasteiger partial charge in [0.25, 0.3) is 0 Å². The second kappa shape index (κ2) is 8.27. The van der Waals surface area contributed by atoms with Crippen molar-refractivity contribution in [1.29, 1.82) is 0 Å². The van der Waals surface area contributed by atoms with Crippen LogP contribution in [0.25, 0.3) is 0 Å². The predicted molar refractivity (Wildman–Crippen MR) is 107 cm³/mol. The summed E-state index contributed by atoms with van der Waals surface area (Å²) in [6, 6.07) is 9.68. The smallest absolute Gasteiger partial charge is 0.242 e. The van der Waals surface area contributed by atoms with Crippen LogP contribution < -0.4 is 5.32 Å². The normalized spacial score (nSPS) is 14.9. The number of nitrogens with zero attached hydrogens (tertiary/aromatic N) is 1. The van der Waals surface area contributed by atoms with E-state index < -0.39 is 21.7 Å². The minimum atomic E-state index is -3.49. The molecular formula is C21H28F2N2O2S. The van der Waals surface area contributed by atoms with Crippen molar-refractivity contribution in [2.24, 2.45) is 5.41 Å². The van der Waals surface area contributed by atoms with Gasteiger partial charge in [-0.2, -0.15) is 0 Å². The van der Waals surface area contributed by atoms with E-state index in [4.69, 9.17) is 0 Å². The van der Waals surface area contributed by atoms with E-state index in [1.807, 2.05) is 27.7 Å². The number of sulfonamides is 1. The van der Waals surface area contributed by atoms with E-state index in [2.05, 4.69) is 5.32 Å². The zero-order chi connectivity index (χ0) is 21.3. The Balaban J connectivity index is 2.30. The summed E-state index contributed by atoms with van der Waals surface area (Å²) in [4.78, 5) is 0.213. The van der Waals surface area contributed by atoms with Gasteiger partial charge in [0.2, 0.25) is 10.0 Å². The Kier molecular flexibility index (Phi) is 6.63. The highest BCUT2D eigenvalue weighted by Gasteiger charge is 2.30. The first kappa shape index (κ1) is 22.5. The Morgan fingerprint density at radius 3 is 2.04 bits per heavy atom. The van der Waals surface area contributed by atoms with E-state index >= 15 is 0 Å². The minimum absolute atomic E-state index is 0.176. The van der Waals surface area contributed by atoms with Gasteiger partial charge in [-0.05, 0) is 36.1 Å². The average molecular weight is 411 g/mol. The first-order valence-corrected chi connectivity index (χ1v) is 10.5. The molecule has 0 bridgehead atoms. The molecule has 2 aromatic carbocycles. The van der Waals surface area contributed by atoms with Gasteiger partial charge in [-0.1, -0.05) is 39.0 Å². The van der Waals surface area contributed by atoms with Crippen molar-refractivity contribution in [3.63, 3.8) is 0 Å². The monoisotopic (exact) mass is 410 g/mol. The molecule has 4 nitrogen and oxygen atoms in total. The standard InChI is InChI=1S/C21H28F2N2O2S/c1-14(15-7-10-17(11-8-15)28(26,27)25(5)6)24-20(21(2,3)4)18-12-9-16(22)13-19(18)23/h7-14,20,24H,1-6H3/t14-,20-/m1/s1. The molecule has 7 heteroatoms. The minimum Gasteiger partial charge on any atom is -0.303 e. The second-order valence-electron chi connectivity index (χ2n) is 8.21. The third-order valence-corrected chi connectivity index (χ3v) is 6.54. The van der Waals surface area contributed by atoms with Crippen LogP contribution in [-0.2, 0) is 10.0 Å². The van der Waals surface area contributed by atoms with Gasteiger partial charge in [0, 0.05) is 37.8 Å². The van der Waals surface area contributed by atoms with Gasteiger partial charge >= 0.3 is 0 Å². The molecule has 0 aromatic heterocycles. The highest BCUT2D eigenvalue weighted by Crippen LogP contribution is 2.36. The number of halogens is 2. The second-order valence-corrected chi connectivity index (χ2v) is 10.4. The van der Waals surface area contributed by atoms with Crippen LogP contribution in [0.15, 0.2) is 47.4 Å². The van der Waals surface area contributed by atoms with Crippen LogP contribution in [-0.4, -0.2) is 26.8 Å². The molecule has 28 heavy (non-hydrogen) atoms. The van der Waals surface area contributed by atoms with Crippen LogP contribution in [0.5, 0.6) is 0 Å². The van der Waals surface area contributed by atoms with Gasteiger partial charge < -0.3 is 5.32 Å². The molecule has 0 radical (unpaired) electrons. The van der Waals surface area contributed by atoms with Crippen LogP contribution in [0.1, 0.15) is 50.9 Å². The van der Waals surface area contributed by atoms with E-state index in [9.17, 15) is 17.2 Å². The van der Waals surface area contributed by atoms with Crippen molar-refractivity contribution >= 4 is 10.0 Å². The van der Waals surface area contributed by atoms with Crippen molar-refractivity contribution < 1.29 is 17.2 Å². The van der Waals surface area contributed by atoms with Crippen molar-refractivity contribution in [2.45, 2.75) is 44.7 Å². The Morgan fingerprint density at radius 1 is 1.00 bits per heavy atom. The van der Waals surface area contributed by atoms with Gasteiger partial charge in [-0.3, -0.25) is 0 Å². The predicted octanol–water partition coefficient (Wildman–Crippen LogP) is 4.65. The molecule has 0 saturated carbocycles. The van der Waals surface area contributed by atoms with Gasteiger partial charge in [0.1, 0.15) is 11.6 Å². The lowest BCUT2D eigenvalue weighted by molar-refractivity contribution is 0.248. The fraction of sp³-hybridized carbons (Fsp3) is 0.429. The van der Waals surface area contributed by atoms with Gasteiger partial charge in [-0.25, -0.2) is 21.5 Å². The molecule has 2 aromatic rings. The summed E-state index contributed by atoms with van der Waals surface area (Å²) in [5, 5.41) is 3.41. The maximum absolute atomic E-state index is 14.4. The lowest BCUT2D eigenvalue weighted by Crippen LogP contribution is -2.34. The molecule has 0 heterocycles. The molecule has 0 fully saturated rings. The molecule has 0 spiro atoms. The SMILES string of the molecule is C[C@@H](N[C@H](c1ccc(F)cc1F)C(C)(C)C)c1ccc(S(=O)(=O)N(C)C)cc1. The summed E-state index contributed by atoms with van der Waals surface area (Å²) in [5.41, 5.74) is 0.934. The van der Waals surface area contributed by atoms with E-state index in [1.54, 1.807) is 24.3 Å². The maximum Gasteiger partial charge on any atom is 0.242 e. The summed E-state index contributed by atoms with van der Waals surface area (Å²) >= 11 is 0. The maximum atomic E-state index is 14.4. The Labute approximate surface area is 166 Å². The Hall–Kier alpha value is -1.83. The molecule has 0 aliphatic rings. The number of hydrogen-bond donors (Lipinski definition) is 1. The summed E-state index contributed by atoms with van der Waals surface area (Å²) in [7, 11) is -0.521. The van der Waals surface area contributed by atoms with Crippen LogP contribution in [0, 0.1) is 17.0 Å². The fourth-order valence-electron chi connectivity index (χ4n) is 3.03. The van der Waals surface area contributed by atoms with E-state index in [-0.39, 0.29) is 22.4 Å². The zero-order valence-electron chi connectivity index (χ0n) is 17.1. The molecule has 0 unspecified atom stereocenters. The topological polar surface area (TPSA) is 49.4 Å².